The number of aromatic nitrogens is 3. The molecule has 0 spiro atoms. The summed E-state index contributed by atoms with van der Waals surface area (Å²) in [7, 11) is 1.80. The summed E-state index contributed by atoms with van der Waals surface area (Å²) >= 11 is 0. The van der Waals surface area contributed by atoms with Gasteiger partial charge in [-0.1, -0.05) is 24.3 Å². The number of carbonyl (C=O) groups is 2. The topological polar surface area (TPSA) is 88.3 Å². The summed E-state index contributed by atoms with van der Waals surface area (Å²) in [4.78, 5) is 30.6. The summed E-state index contributed by atoms with van der Waals surface area (Å²) in [5.41, 5.74) is 3.80. The summed E-state index contributed by atoms with van der Waals surface area (Å²) in [5, 5.41) is 14.7. The molecule has 26 heavy (non-hydrogen) atoms. The second-order valence-corrected chi connectivity index (χ2v) is 6.56. The van der Waals surface area contributed by atoms with E-state index < -0.39 is 12.0 Å². The summed E-state index contributed by atoms with van der Waals surface area (Å²) < 4.78 is 1.66. The van der Waals surface area contributed by atoms with Gasteiger partial charge in [-0.05, 0) is 24.1 Å². The number of aliphatic carboxylic acids is 1. The fourth-order valence-electron chi connectivity index (χ4n) is 3.55. The van der Waals surface area contributed by atoms with Crippen molar-refractivity contribution in [1.82, 2.24) is 19.7 Å². The Morgan fingerprint density at radius 1 is 1.23 bits per heavy atom. The second kappa shape index (κ2) is 5.94. The van der Waals surface area contributed by atoms with Crippen LogP contribution in [-0.2, 0) is 24.8 Å². The predicted octanol–water partition coefficient (Wildman–Crippen LogP) is 1.93. The first kappa shape index (κ1) is 16.3. The molecule has 132 valence electrons. The van der Waals surface area contributed by atoms with Crippen LogP contribution in [0.4, 0.5) is 0 Å². The summed E-state index contributed by atoms with van der Waals surface area (Å²) in [6, 6.07) is 8.49. The van der Waals surface area contributed by atoms with Gasteiger partial charge in [-0.15, -0.1) is 0 Å². The lowest BCUT2D eigenvalue weighted by molar-refractivity contribution is -0.142. The first-order valence-electron chi connectivity index (χ1n) is 8.35. The van der Waals surface area contributed by atoms with Gasteiger partial charge >= 0.3 is 5.97 Å². The number of fused-ring (bicyclic) bond motifs is 2. The molecular weight excluding hydrogens is 332 g/mol. The number of aryl methyl sites for hydroxylation is 2. The second-order valence-electron chi connectivity index (χ2n) is 6.56. The van der Waals surface area contributed by atoms with Crippen molar-refractivity contribution in [2.75, 3.05) is 0 Å². The average Bonchev–Trinajstić information content (AvgIpc) is 2.93. The van der Waals surface area contributed by atoms with Crippen molar-refractivity contribution in [3.63, 3.8) is 0 Å². The van der Waals surface area contributed by atoms with Crippen molar-refractivity contribution in [2.24, 2.45) is 7.05 Å². The molecule has 0 radical (unpaired) electrons. The Morgan fingerprint density at radius 2 is 1.96 bits per heavy atom. The number of hydrogen-bond donors (Lipinski definition) is 1. The van der Waals surface area contributed by atoms with Gasteiger partial charge in [0.2, 0.25) is 0 Å². The lowest BCUT2D eigenvalue weighted by Crippen LogP contribution is -2.48. The molecule has 1 unspecified atom stereocenters. The van der Waals surface area contributed by atoms with E-state index >= 15 is 0 Å². The molecule has 0 aliphatic carbocycles. The van der Waals surface area contributed by atoms with E-state index in [1.807, 2.05) is 31.2 Å². The van der Waals surface area contributed by atoms with Crippen LogP contribution in [0.3, 0.4) is 0 Å². The Hall–Kier alpha value is -3.22. The number of benzene rings is 1. The number of rotatable bonds is 2. The standard InChI is InChI=1S/C19H18N4O3/c1-11-15-7-14(9-20-17(15)22(2)21-11)18(24)23-10-13-6-4-3-5-12(13)8-16(23)19(25)26/h3-7,9,16H,8,10H2,1-2H3,(H,25,26). The fraction of sp³-hybridized carbons (Fsp3) is 0.263. The van der Waals surface area contributed by atoms with Gasteiger partial charge in [-0.2, -0.15) is 5.10 Å². The van der Waals surface area contributed by atoms with Gasteiger partial charge in [0.05, 0.1) is 11.3 Å². The van der Waals surface area contributed by atoms with Crippen molar-refractivity contribution in [2.45, 2.75) is 25.9 Å². The van der Waals surface area contributed by atoms with Gasteiger partial charge in [0.1, 0.15) is 6.04 Å². The molecule has 7 nitrogen and oxygen atoms in total. The number of carboxylic acid groups (broad SMARTS) is 1. The molecule has 1 N–H and O–H groups in total. The minimum Gasteiger partial charge on any atom is -0.480 e. The highest BCUT2D eigenvalue weighted by molar-refractivity contribution is 5.99. The summed E-state index contributed by atoms with van der Waals surface area (Å²) in [6.07, 6.45) is 1.80. The van der Waals surface area contributed by atoms with Gasteiger partial charge in [0, 0.05) is 31.6 Å². The quantitative estimate of drug-likeness (QED) is 0.763. The van der Waals surface area contributed by atoms with Crippen LogP contribution in [0.5, 0.6) is 0 Å². The van der Waals surface area contributed by atoms with Gasteiger partial charge < -0.3 is 10.0 Å². The van der Waals surface area contributed by atoms with E-state index in [9.17, 15) is 14.7 Å². The Bertz CT molecular complexity index is 1040. The lowest BCUT2D eigenvalue weighted by atomic mass is 9.93. The Labute approximate surface area is 149 Å². The zero-order valence-electron chi connectivity index (χ0n) is 14.5. The minimum absolute atomic E-state index is 0.274. The first-order valence-corrected chi connectivity index (χ1v) is 8.35. The number of pyridine rings is 1. The molecular formula is C19H18N4O3. The fourth-order valence-corrected chi connectivity index (χ4v) is 3.55. The maximum atomic E-state index is 13.1. The number of carboxylic acids is 1. The molecule has 1 aliphatic rings. The van der Waals surface area contributed by atoms with Crippen LogP contribution in [0.1, 0.15) is 27.2 Å². The monoisotopic (exact) mass is 350 g/mol. The largest absolute Gasteiger partial charge is 0.480 e. The predicted molar refractivity (Wildman–Crippen MR) is 94.7 cm³/mol. The number of hydrogen-bond acceptors (Lipinski definition) is 4. The van der Waals surface area contributed by atoms with Crippen LogP contribution in [-0.4, -0.2) is 42.7 Å². The van der Waals surface area contributed by atoms with Gasteiger partial charge in [0.25, 0.3) is 5.91 Å². The van der Waals surface area contributed by atoms with Gasteiger partial charge in [-0.3, -0.25) is 9.48 Å². The lowest BCUT2D eigenvalue weighted by Gasteiger charge is -2.34. The van der Waals surface area contributed by atoms with E-state index in [4.69, 9.17) is 0 Å². The normalized spacial score (nSPS) is 16.5. The Kier molecular flexibility index (Phi) is 3.72. The zero-order chi connectivity index (χ0) is 18.4. The van der Waals surface area contributed by atoms with Crippen molar-refractivity contribution in [3.05, 3.63) is 58.9 Å². The molecule has 0 bridgehead atoms. The third-order valence-electron chi connectivity index (χ3n) is 4.90. The van der Waals surface area contributed by atoms with Crippen LogP contribution < -0.4 is 0 Å². The number of carbonyl (C=O) groups excluding carboxylic acids is 1. The van der Waals surface area contributed by atoms with Crippen molar-refractivity contribution < 1.29 is 14.7 Å². The molecule has 1 aromatic carbocycles. The summed E-state index contributed by atoms with van der Waals surface area (Å²) in [5.74, 6) is -1.33. The van der Waals surface area contributed by atoms with E-state index in [-0.39, 0.29) is 12.5 Å². The third kappa shape index (κ3) is 2.52. The molecule has 1 atom stereocenters. The molecule has 0 saturated carbocycles. The molecule has 1 amide bonds. The van der Waals surface area contributed by atoms with Crippen LogP contribution in [0.2, 0.25) is 0 Å². The molecule has 4 rings (SSSR count). The molecule has 3 heterocycles. The zero-order valence-corrected chi connectivity index (χ0v) is 14.5. The van der Waals surface area contributed by atoms with Gasteiger partial charge in [-0.25, -0.2) is 9.78 Å². The minimum atomic E-state index is -1.00. The molecule has 7 heteroatoms. The average molecular weight is 350 g/mol. The van der Waals surface area contributed by atoms with E-state index in [1.54, 1.807) is 17.8 Å². The number of nitrogens with zero attached hydrogens (tertiary/aromatic N) is 4. The van der Waals surface area contributed by atoms with Crippen molar-refractivity contribution in [1.29, 1.82) is 0 Å². The highest BCUT2D eigenvalue weighted by atomic mass is 16.4. The number of amides is 1. The van der Waals surface area contributed by atoms with Crippen LogP contribution in [0, 0.1) is 6.92 Å². The van der Waals surface area contributed by atoms with Crippen LogP contribution in [0.15, 0.2) is 36.5 Å². The van der Waals surface area contributed by atoms with E-state index in [1.165, 1.54) is 11.1 Å². The highest BCUT2D eigenvalue weighted by Crippen LogP contribution is 2.26. The third-order valence-corrected chi connectivity index (χ3v) is 4.90. The molecule has 0 saturated heterocycles. The Balaban J connectivity index is 1.74. The summed E-state index contributed by atoms with van der Waals surface area (Å²) in [6.45, 7) is 2.13. The van der Waals surface area contributed by atoms with Gasteiger partial charge in [0.15, 0.2) is 5.65 Å². The van der Waals surface area contributed by atoms with E-state index in [2.05, 4.69) is 10.1 Å². The molecule has 2 aromatic heterocycles. The molecule has 0 fully saturated rings. The Morgan fingerprint density at radius 3 is 2.69 bits per heavy atom. The smallest absolute Gasteiger partial charge is 0.326 e. The van der Waals surface area contributed by atoms with Crippen molar-refractivity contribution >= 4 is 22.9 Å². The maximum absolute atomic E-state index is 13.1. The van der Waals surface area contributed by atoms with Crippen molar-refractivity contribution in [3.8, 4) is 0 Å². The highest BCUT2D eigenvalue weighted by Gasteiger charge is 2.35. The SMILES string of the molecule is Cc1nn(C)c2ncc(C(=O)N3Cc4ccccc4CC3C(=O)O)cc12. The van der Waals surface area contributed by atoms with Crippen LogP contribution >= 0.6 is 0 Å². The first-order chi connectivity index (χ1) is 12.5. The van der Waals surface area contributed by atoms with E-state index in [0.29, 0.717) is 17.6 Å². The van der Waals surface area contributed by atoms with Crippen LogP contribution in [0.25, 0.3) is 11.0 Å². The molecule has 3 aromatic rings. The van der Waals surface area contributed by atoms with E-state index in [0.717, 1.165) is 22.2 Å². The molecule has 1 aliphatic heterocycles. The maximum Gasteiger partial charge on any atom is 0.326 e.